The predicted molar refractivity (Wildman–Crippen MR) is 120 cm³/mol. The van der Waals surface area contributed by atoms with Gasteiger partial charge in [0.1, 0.15) is 17.3 Å². The average Bonchev–Trinajstić information content (AvgIpc) is 3.56. The molecule has 1 unspecified atom stereocenters. The molecule has 0 spiro atoms. The molecule has 4 aliphatic rings. The van der Waals surface area contributed by atoms with Gasteiger partial charge in [-0.2, -0.15) is 0 Å². The van der Waals surface area contributed by atoms with Crippen molar-refractivity contribution in [2.24, 2.45) is 0 Å². The first-order chi connectivity index (χ1) is 15.2. The van der Waals surface area contributed by atoms with Gasteiger partial charge in [0, 0.05) is 19.0 Å². The van der Waals surface area contributed by atoms with Crippen LogP contribution in [0, 0.1) is 0 Å². The van der Waals surface area contributed by atoms with Crippen molar-refractivity contribution in [2.75, 3.05) is 5.32 Å². The monoisotopic (exact) mass is 417 g/mol. The Morgan fingerprint density at radius 3 is 2.84 bits per heavy atom. The number of para-hydroxylation sites is 2. The number of benzene rings is 1. The Bertz CT molecular complexity index is 1280. The lowest BCUT2D eigenvalue weighted by molar-refractivity contribution is 0.526. The van der Waals surface area contributed by atoms with Gasteiger partial charge in [0.05, 0.1) is 29.9 Å². The molecule has 4 heterocycles. The normalized spacial score (nSPS) is 18.8. The summed E-state index contributed by atoms with van der Waals surface area (Å²) < 4.78 is 5.83. The highest BCUT2D eigenvalue weighted by Crippen LogP contribution is 2.37. The number of hydrogen-bond donors (Lipinski definition) is 1. The summed E-state index contributed by atoms with van der Waals surface area (Å²) in [6, 6.07) is 8.23. The van der Waals surface area contributed by atoms with Gasteiger partial charge in [0.25, 0.3) is 0 Å². The van der Waals surface area contributed by atoms with E-state index in [2.05, 4.69) is 27.9 Å². The third kappa shape index (κ3) is 2.96. The van der Waals surface area contributed by atoms with Crippen molar-refractivity contribution in [3.63, 3.8) is 0 Å². The molecule has 2 aromatic rings. The van der Waals surface area contributed by atoms with Gasteiger partial charge < -0.3 is 9.88 Å². The average molecular weight is 418 g/mol. The molecule has 1 aliphatic carbocycles. The molecule has 0 amide bonds. The number of imidazole rings is 2. The summed E-state index contributed by atoms with van der Waals surface area (Å²) in [7, 11) is 0. The van der Waals surface area contributed by atoms with E-state index < -0.39 is 0 Å². The van der Waals surface area contributed by atoms with Crippen LogP contribution >= 0.6 is 0 Å². The van der Waals surface area contributed by atoms with Crippen LogP contribution < -0.4 is 11.0 Å². The van der Waals surface area contributed by atoms with Crippen molar-refractivity contribution in [2.45, 2.75) is 70.6 Å². The van der Waals surface area contributed by atoms with Crippen LogP contribution in [0.15, 0.2) is 35.4 Å². The Morgan fingerprint density at radius 1 is 1.16 bits per heavy atom. The van der Waals surface area contributed by atoms with E-state index in [0.717, 1.165) is 60.0 Å². The van der Waals surface area contributed by atoms with Crippen molar-refractivity contribution in [1.29, 1.82) is 0 Å². The SMILES string of the molecule is CCCn1c2nc(C3CCCC3)nc-2c2n(c1=O)CC(Cn1cnc3ccccc31)N2. The van der Waals surface area contributed by atoms with E-state index in [1.165, 1.54) is 12.8 Å². The lowest BCUT2D eigenvalue weighted by Gasteiger charge is -2.13. The van der Waals surface area contributed by atoms with Gasteiger partial charge in [-0.3, -0.25) is 9.13 Å². The summed E-state index contributed by atoms with van der Waals surface area (Å²) >= 11 is 0. The molecule has 1 aromatic carbocycles. The molecule has 8 heteroatoms. The van der Waals surface area contributed by atoms with Crippen LogP contribution in [0.25, 0.3) is 22.6 Å². The van der Waals surface area contributed by atoms with Crippen molar-refractivity contribution < 1.29 is 0 Å². The Hall–Kier alpha value is -3.16. The van der Waals surface area contributed by atoms with E-state index in [4.69, 9.17) is 9.97 Å². The summed E-state index contributed by atoms with van der Waals surface area (Å²) in [5, 5.41) is 3.59. The highest BCUT2D eigenvalue weighted by molar-refractivity contribution is 5.75. The summed E-state index contributed by atoms with van der Waals surface area (Å²) in [5.74, 6) is 2.89. The van der Waals surface area contributed by atoms with E-state index >= 15 is 0 Å². The number of fused-ring (bicyclic) bond motifs is 4. The summed E-state index contributed by atoms with van der Waals surface area (Å²) in [4.78, 5) is 27.7. The number of nitrogens with zero attached hydrogens (tertiary/aromatic N) is 6. The van der Waals surface area contributed by atoms with Crippen LogP contribution in [0.3, 0.4) is 0 Å². The zero-order chi connectivity index (χ0) is 20.9. The van der Waals surface area contributed by atoms with Gasteiger partial charge in [0.15, 0.2) is 5.82 Å². The van der Waals surface area contributed by atoms with Crippen LogP contribution in [0.2, 0.25) is 0 Å². The fraction of sp³-hybridized carbons (Fsp3) is 0.478. The fourth-order valence-electron chi connectivity index (χ4n) is 5.22. The van der Waals surface area contributed by atoms with E-state index in [1.54, 1.807) is 0 Å². The van der Waals surface area contributed by atoms with E-state index in [0.29, 0.717) is 19.0 Å². The summed E-state index contributed by atoms with van der Waals surface area (Å²) in [5.41, 5.74) is 2.94. The van der Waals surface area contributed by atoms with Crippen molar-refractivity contribution in [1.82, 2.24) is 28.7 Å². The van der Waals surface area contributed by atoms with Gasteiger partial charge in [-0.15, -0.1) is 0 Å². The molecule has 1 N–H and O–H groups in total. The molecule has 6 rings (SSSR count). The second-order valence-electron chi connectivity index (χ2n) is 8.86. The van der Waals surface area contributed by atoms with Gasteiger partial charge in [-0.25, -0.2) is 19.7 Å². The van der Waals surface area contributed by atoms with E-state index in [9.17, 15) is 4.79 Å². The van der Waals surface area contributed by atoms with Gasteiger partial charge >= 0.3 is 5.69 Å². The van der Waals surface area contributed by atoms with E-state index in [-0.39, 0.29) is 11.7 Å². The predicted octanol–water partition coefficient (Wildman–Crippen LogP) is 3.46. The molecule has 1 saturated carbocycles. The Balaban J connectivity index is 1.39. The molecule has 160 valence electrons. The number of rotatable bonds is 5. The maximum atomic E-state index is 13.4. The van der Waals surface area contributed by atoms with Crippen LogP contribution in [0.4, 0.5) is 5.82 Å². The van der Waals surface area contributed by atoms with Crippen LogP contribution in [0.1, 0.15) is 50.8 Å². The van der Waals surface area contributed by atoms with Gasteiger partial charge in [0.2, 0.25) is 0 Å². The van der Waals surface area contributed by atoms with Crippen molar-refractivity contribution in [3.05, 3.63) is 46.9 Å². The molecule has 0 radical (unpaired) electrons. The fourth-order valence-corrected chi connectivity index (χ4v) is 5.22. The minimum absolute atomic E-state index is 0.00714. The lowest BCUT2D eigenvalue weighted by Crippen LogP contribution is -2.32. The molecular weight excluding hydrogens is 390 g/mol. The molecule has 0 saturated heterocycles. The minimum Gasteiger partial charge on any atom is -0.363 e. The molecule has 1 fully saturated rings. The quantitative estimate of drug-likeness (QED) is 0.538. The first-order valence-corrected chi connectivity index (χ1v) is 11.4. The molecule has 31 heavy (non-hydrogen) atoms. The zero-order valence-corrected chi connectivity index (χ0v) is 17.8. The van der Waals surface area contributed by atoms with Crippen molar-refractivity contribution in [3.8, 4) is 11.5 Å². The minimum atomic E-state index is 0.00714. The Morgan fingerprint density at radius 2 is 2.00 bits per heavy atom. The van der Waals surface area contributed by atoms with Gasteiger partial charge in [-0.1, -0.05) is 31.9 Å². The smallest absolute Gasteiger partial charge is 0.331 e. The second-order valence-corrected chi connectivity index (χ2v) is 8.86. The number of hydrogen-bond acceptors (Lipinski definition) is 5. The highest BCUT2D eigenvalue weighted by Gasteiger charge is 2.33. The number of aromatic nitrogens is 6. The topological polar surface area (TPSA) is 82.6 Å². The lowest BCUT2D eigenvalue weighted by atomic mass is 10.1. The van der Waals surface area contributed by atoms with E-state index in [1.807, 2.05) is 33.7 Å². The van der Waals surface area contributed by atoms with Crippen LogP contribution in [0.5, 0.6) is 0 Å². The van der Waals surface area contributed by atoms with Crippen molar-refractivity contribution >= 4 is 16.9 Å². The number of nitrogens with one attached hydrogen (secondary N) is 1. The molecule has 0 bridgehead atoms. The third-order valence-electron chi connectivity index (χ3n) is 6.73. The summed E-state index contributed by atoms with van der Waals surface area (Å²) in [6.45, 7) is 4.11. The van der Waals surface area contributed by atoms with Crippen LogP contribution in [-0.2, 0) is 19.6 Å². The van der Waals surface area contributed by atoms with Crippen LogP contribution in [-0.4, -0.2) is 34.7 Å². The standard InChI is InChI=1S/C23H27N7O/c1-2-11-29-22-19(26-20(27-22)15-7-3-4-8-15)21-25-16(13-30(21)23(29)31)12-28-14-24-17-9-5-6-10-18(17)28/h5-6,9-10,14-16,25H,2-4,7-8,11-13H2,1H3. The highest BCUT2D eigenvalue weighted by atomic mass is 16.1. The first-order valence-electron chi connectivity index (χ1n) is 11.4. The molecule has 8 nitrogen and oxygen atoms in total. The maximum Gasteiger partial charge on any atom is 0.331 e. The molecular formula is C23H27N7O. The molecule has 3 aliphatic heterocycles. The Labute approximate surface area is 180 Å². The third-order valence-corrected chi connectivity index (χ3v) is 6.73. The maximum absolute atomic E-state index is 13.4. The second kappa shape index (κ2) is 7.21. The largest absolute Gasteiger partial charge is 0.363 e. The molecule has 1 aromatic heterocycles. The first kappa shape index (κ1) is 18.6. The zero-order valence-electron chi connectivity index (χ0n) is 17.8. The summed E-state index contributed by atoms with van der Waals surface area (Å²) in [6.07, 6.45) is 7.54. The molecule has 1 atom stereocenters. The Kier molecular flexibility index (Phi) is 4.33. The van der Waals surface area contributed by atoms with Gasteiger partial charge in [-0.05, 0) is 31.4 Å². The number of anilines is 1.